The van der Waals surface area contributed by atoms with Crippen LogP contribution in [0.15, 0.2) is 35.3 Å². The second kappa shape index (κ2) is 12.6. The summed E-state index contributed by atoms with van der Waals surface area (Å²) in [4.78, 5) is 9.61. The summed E-state index contributed by atoms with van der Waals surface area (Å²) in [6, 6.07) is 11.4. The van der Waals surface area contributed by atoms with Crippen molar-refractivity contribution < 1.29 is 0 Å². The number of aliphatic imine (C=N–C) groups is 1. The minimum absolute atomic E-state index is 0. The molecule has 2 aliphatic heterocycles. The molecule has 2 atom stereocenters. The molecule has 2 unspecified atom stereocenters. The Kier molecular flexibility index (Phi) is 10.6. The van der Waals surface area contributed by atoms with Gasteiger partial charge in [0.2, 0.25) is 0 Å². The van der Waals surface area contributed by atoms with E-state index in [1.165, 1.54) is 57.4 Å². The Hall–Kier alpha value is -0.860. The Morgan fingerprint density at radius 2 is 1.82 bits per heavy atom. The molecule has 2 aliphatic rings. The lowest BCUT2D eigenvalue weighted by molar-refractivity contribution is 0.183. The summed E-state index contributed by atoms with van der Waals surface area (Å²) < 4.78 is 0. The van der Waals surface area contributed by atoms with Gasteiger partial charge in [-0.3, -0.25) is 9.89 Å². The summed E-state index contributed by atoms with van der Waals surface area (Å²) in [6.45, 7) is 10.2. The van der Waals surface area contributed by atoms with E-state index in [1.807, 2.05) is 7.05 Å². The summed E-state index contributed by atoms with van der Waals surface area (Å²) >= 11 is 0. The molecule has 3 rings (SSSR count). The van der Waals surface area contributed by atoms with Crippen LogP contribution >= 0.6 is 24.0 Å². The van der Waals surface area contributed by atoms with E-state index >= 15 is 0 Å². The van der Waals surface area contributed by atoms with Gasteiger partial charge >= 0.3 is 0 Å². The number of benzene rings is 1. The molecule has 2 fully saturated rings. The minimum atomic E-state index is 0. The van der Waals surface area contributed by atoms with Crippen LogP contribution in [0.3, 0.4) is 0 Å². The molecule has 158 valence electrons. The van der Waals surface area contributed by atoms with E-state index in [0.29, 0.717) is 6.04 Å². The summed E-state index contributed by atoms with van der Waals surface area (Å²) in [5.74, 6) is 1.69. The third-order valence-electron chi connectivity index (χ3n) is 6.06. The first-order valence-corrected chi connectivity index (χ1v) is 10.7. The van der Waals surface area contributed by atoms with Gasteiger partial charge in [0.25, 0.3) is 0 Å². The van der Waals surface area contributed by atoms with Crippen LogP contribution in [0.4, 0.5) is 0 Å². The fraction of sp³-hybridized carbons (Fsp3) is 0.682. The average molecular weight is 499 g/mol. The number of nitrogens with zero attached hydrogens (tertiary/aromatic N) is 3. The number of likely N-dealkylation sites (tertiary alicyclic amines) is 2. The molecule has 0 bridgehead atoms. The largest absolute Gasteiger partial charge is 0.356 e. The predicted octanol–water partition coefficient (Wildman–Crippen LogP) is 3.17. The Bertz CT molecular complexity index is 580. The highest BCUT2D eigenvalue weighted by atomic mass is 127. The Balaban J connectivity index is 0.00000280. The molecule has 28 heavy (non-hydrogen) atoms. The fourth-order valence-corrected chi connectivity index (χ4v) is 4.43. The maximum absolute atomic E-state index is 4.44. The minimum Gasteiger partial charge on any atom is -0.356 e. The molecule has 0 radical (unpaired) electrons. The lowest BCUT2D eigenvalue weighted by atomic mass is 9.98. The zero-order valence-electron chi connectivity index (χ0n) is 17.6. The predicted molar refractivity (Wildman–Crippen MR) is 129 cm³/mol. The standard InChI is InChI=1S/C22H37N5.HI/c1-3-26-13-7-11-20(17-26)15-24-22(23-2)25-16-21-12-8-14-27(21)18-19-9-5-4-6-10-19;/h4-6,9-10,20-21H,3,7-8,11-18H2,1-2H3,(H2,23,24,25);1H. The van der Waals surface area contributed by atoms with Gasteiger partial charge in [-0.25, -0.2) is 0 Å². The van der Waals surface area contributed by atoms with E-state index in [9.17, 15) is 0 Å². The molecular weight excluding hydrogens is 461 g/mol. The lowest BCUT2D eigenvalue weighted by Gasteiger charge is -2.32. The first kappa shape index (κ1) is 23.4. The molecule has 6 heteroatoms. The van der Waals surface area contributed by atoms with Crippen molar-refractivity contribution in [2.75, 3.05) is 46.3 Å². The molecule has 2 heterocycles. The third-order valence-corrected chi connectivity index (χ3v) is 6.06. The van der Waals surface area contributed by atoms with Gasteiger partial charge in [-0.05, 0) is 56.8 Å². The molecule has 5 nitrogen and oxygen atoms in total. The summed E-state index contributed by atoms with van der Waals surface area (Å²) in [7, 11) is 1.88. The quantitative estimate of drug-likeness (QED) is 0.344. The number of guanidine groups is 1. The molecule has 2 saturated heterocycles. The van der Waals surface area contributed by atoms with E-state index in [4.69, 9.17) is 0 Å². The highest BCUT2D eigenvalue weighted by Gasteiger charge is 2.24. The SMILES string of the molecule is CCN1CCCC(CNC(=NC)NCC2CCCN2Cc2ccccc2)C1.I. The van der Waals surface area contributed by atoms with Gasteiger partial charge in [-0.1, -0.05) is 37.3 Å². The van der Waals surface area contributed by atoms with Gasteiger partial charge in [0.1, 0.15) is 0 Å². The maximum atomic E-state index is 4.44. The molecule has 1 aromatic rings. The van der Waals surface area contributed by atoms with Crippen LogP contribution in [0.5, 0.6) is 0 Å². The van der Waals surface area contributed by atoms with Crippen LogP contribution in [0.25, 0.3) is 0 Å². The van der Waals surface area contributed by atoms with Crippen LogP contribution in [-0.2, 0) is 6.54 Å². The zero-order chi connectivity index (χ0) is 18.9. The topological polar surface area (TPSA) is 42.9 Å². The van der Waals surface area contributed by atoms with Gasteiger partial charge in [0.15, 0.2) is 5.96 Å². The van der Waals surface area contributed by atoms with E-state index < -0.39 is 0 Å². The second-order valence-electron chi connectivity index (χ2n) is 7.99. The van der Waals surface area contributed by atoms with Gasteiger partial charge in [-0.15, -0.1) is 24.0 Å². The highest BCUT2D eigenvalue weighted by Crippen LogP contribution is 2.19. The van der Waals surface area contributed by atoms with Gasteiger partial charge in [-0.2, -0.15) is 0 Å². The molecule has 0 aliphatic carbocycles. The monoisotopic (exact) mass is 499 g/mol. The van der Waals surface area contributed by atoms with Crippen molar-refractivity contribution >= 4 is 29.9 Å². The van der Waals surface area contributed by atoms with E-state index in [1.54, 1.807) is 0 Å². The molecule has 1 aromatic carbocycles. The third kappa shape index (κ3) is 7.19. The van der Waals surface area contributed by atoms with Gasteiger partial charge in [0, 0.05) is 39.3 Å². The number of halogens is 1. The van der Waals surface area contributed by atoms with E-state index in [-0.39, 0.29) is 24.0 Å². The fourth-order valence-electron chi connectivity index (χ4n) is 4.43. The highest BCUT2D eigenvalue weighted by molar-refractivity contribution is 14.0. The molecule has 0 spiro atoms. The molecule has 0 aromatic heterocycles. The first-order chi connectivity index (χ1) is 13.3. The Morgan fingerprint density at radius 1 is 1.07 bits per heavy atom. The summed E-state index contributed by atoms with van der Waals surface area (Å²) in [5, 5.41) is 7.14. The van der Waals surface area contributed by atoms with Crippen molar-refractivity contribution in [1.29, 1.82) is 0 Å². The Morgan fingerprint density at radius 3 is 2.57 bits per heavy atom. The van der Waals surface area contributed by atoms with Crippen LogP contribution in [-0.4, -0.2) is 68.1 Å². The van der Waals surface area contributed by atoms with Gasteiger partial charge < -0.3 is 15.5 Å². The van der Waals surface area contributed by atoms with E-state index in [0.717, 1.165) is 31.5 Å². The smallest absolute Gasteiger partial charge is 0.191 e. The Labute approximate surface area is 188 Å². The van der Waals surface area contributed by atoms with Crippen molar-refractivity contribution in [2.45, 2.75) is 45.2 Å². The summed E-state index contributed by atoms with van der Waals surface area (Å²) in [6.07, 6.45) is 5.21. The number of nitrogens with one attached hydrogen (secondary N) is 2. The van der Waals surface area contributed by atoms with E-state index in [2.05, 4.69) is 62.7 Å². The van der Waals surface area contributed by atoms with Crippen molar-refractivity contribution in [2.24, 2.45) is 10.9 Å². The number of rotatable bonds is 7. The molecule has 0 amide bonds. The molecule has 0 saturated carbocycles. The summed E-state index contributed by atoms with van der Waals surface area (Å²) in [5.41, 5.74) is 1.41. The lowest BCUT2D eigenvalue weighted by Crippen LogP contribution is -2.47. The normalized spacial score (nSPS) is 24.0. The molecule has 2 N–H and O–H groups in total. The van der Waals surface area contributed by atoms with Crippen LogP contribution in [0, 0.1) is 5.92 Å². The van der Waals surface area contributed by atoms with Crippen molar-refractivity contribution in [3.05, 3.63) is 35.9 Å². The number of hydrogen-bond donors (Lipinski definition) is 2. The molecular formula is C22H38IN5. The van der Waals surface area contributed by atoms with Crippen LogP contribution < -0.4 is 10.6 Å². The maximum Gasteiger partial charge on any atom is 0.191 e. The van der Waals surface area contributed by atoms with Crippen LogP contribution in [0.1, 0.15) is 38.2 Å². The van der Waals surface area contributed by atoms with Gasteiger partial charge in [0.05, 0.1) is 0 Å². The average Bonchev–Trinajstić information content (AvgIpc) is 3.16. The van der Waals surface area contributed by atoms with Crippen molar-refractivity contribution in [3.63, 3.8) is 0 Å². The van der Waals surface area contributed by atoms with Crippen molar-refractivity contribution in [1.82, 2.24) is 20.4 Å². The second-order valence-corrected chi connectivity index (χ2v) is 7.99. The first-order valence-electron chi connectivity index (χ1n) is 10.7. The van der Waals surface area contributed by atoms with Crippen LogP contribution in [0.2, 0.25) is 0 Å². The van der Waals surface area contributed by atoms with Crippen molar-refractivity contribution in [3.8, 4) is 0 Å². The zero-order valence-corrected chi connectivity index (χ0v) is 19.9. The number of hydrogen-bond acceptors (Lipinski definition) is 3. The number of piperidine rings is 1.